The molecule has 3 N–H and O–H groups in total. The first kappa shape index (κ1) is 15.4. The van der Waals surface area contributed by atoms with Crippen molar-refractivity contribution < 1.29 is 4.79 Å². The zero-order valence-corrected chi connectivity index (χ0v) is 12.9. The number of nitrogens with two attached hydrogens (primary N) is 1. The molecule has 1 aliphatic rings. The summed E-state index contributed by atoms with van der Waals surface area (Å²) in [6.07, 6.45) is 6.86. The number of carbonyl (C=O) groups is 1. The van der Waals surface area contributed by atoms with Crippen LogP contribution >= 0.6 is 11.8 Å². The van der Waals surface area contributed by atoms with E-state index in [1.165, 1.54) is 25.7 Å². The summed E-state index contributed by atoms with van der Waals surface area (Å²) in [6, 6.07) is 7.63. The van der Waals surface area contributed by atoms with Crippen LogP contribution in [0.5, 0.6) is 0 Å². The van der Waals surface area contributed by atoms with E-state index >= 15 is 0 Å². The average Bonchev–Trinajstić information content (AvgIpc) is 2.94. The maximum atomic E-state index is 12.0. The van der Waals surface area contributed by atoms with Gasteiger partial charge in [0.25, 0.3) is 0 Å². The largest absolute Gasteiger partial charge is 0.324 e. The maximum absolute atomic E-state index is 12.0. The van der Waals surface area contributed by atoms with Gasteiger partial charge in [-0.25, -0.2) is 0 Å². The van der Waals surface area contributed by atoms with Gasteiger partial charge in [0.1, 0.15) is 0 Å². The molecule has 0 heterocycles. The molecule has 1 amide bonds. The van der Waals surface area contributed by atoms with Gasteiger partial charge in [-0.05, 0) is 31.4 Å². The average molecular weight is 292 g/mol. The van der Waals surface area contributed by atoms with Crippen LogP contribution in [-0.2, 0) is 4.79 Å². The first-order valence-electron chi connectivity index (χ1n) is 7.53. The van der Waals surface area contributed by atoms with Crippen molar-refractivity contribution in [1.82, 2.24) is 0 Å². The topological polar surface area (TPSA) is 55.1 Å². The second-order valence-electron chi connectivity index (χ2n) is 5.40. The van der Waals surface area contributed by atoms with Crippen molar-refractivity contribution in [3.8, 4) is 0 Å². The fourth-order valence-corrected chi connectivity index (χ4v) is 3.86. The van der Waals surface area contributed by atoms with Gasteiger partial charge < -0.3 is 11.1 Å². The Bertz CT molecular complexity index is 444. The van der Waals surface area contributed by atoms with Crippen LogP contribution in [0.15, 0.2) is 29.2 Å². The van der Waals surface area contributed by atoms with E-state index in [2.05, 4.69) is 11.4 Å². The van der Waals surface area contributed by atoms with Gasteiger partial charge in [-0.1, -0.05) is 38.3 Å². The number of thioether (sulfide) groups is 1. The van der Waals surface area contributed by atoms with Gasteiger partial charge in [0.15, 0.2) is 0 Å². The van der Waals surface area contributed by atoms with Gasteiger partial charge in [-0.15, -0.1) is 11.8 Å². The van der Waals surface area contributed by atoms with Crippen LogP contribution in [0.2, 0.25) is 0 Å². The lowest BCUT2D eigenvalue weighted by molar-refractivity contribution is -0.117. The molecule has 20 heavy (non-hydrogen) atoms. The molecule has 1 aromatic carbocycles. The third kappa shape index (κ3) is 4.25. The molecule has 110 valence electrons. The van der Waals surface area contributed by atoms with Gasteiger partial charge in [0.05, 0.1) is 11.7 Å². The summed E-state index contributed by atoms with van der Waals surface area (Å²) < 4.78 is 0. The molecular weight excluding hydrogens is 268 g/mol. The lowest BCUT2D eigenvalue weighted by Gasteiger charge is -2.16. The van der Waals surface area contributed by atoms with Gasteiger partial charge in [-0.3, -0.25) is 4.79 Å². The van der Waals surface area contributed by atoms with E-state index < -0.39 is 6.04 Å². The van der Waals surface area contributed by atoms with E-state index in [0.29, 0.717) is 5.25 Å². The number of rotatable bonds is 6. The van der Waals surface area contributed by atoms with Crippen molar-refractivity contribution in [3.05, 3.63) is 24.3 Å². The van der Waals surface area contributed by atoms with Gasteiger partial charge in [0, 0.05) is 10.1 Å². The predicted octanol–water partition coefficient (Wildman–Crippen LogP) is 3.79. The lowest BCUT2D eigenvalue weighted by atomic mass is 10.1. The number of anilines is 1. The van der Waals surface area contributed by atoms with E-state index in [-0.39, 0.29) is 5.91 Å². The number of hydrogen-bond donors (Lipinski definition) is 2. The van der Waals surface area contributed by atoms with Gasteiger partial charge >= 0.3 is 0 Å². The Morgan fingerprint density at radius 1 is 1.40 bits per heavy atom. The minimum Gasteiger partial charge on any atom is -0.324 e. The molecule has 0 bridgehead atoms. The van der Waals surface area contributed by atoms with Crippen LogP contribution in [0.25, 0.3) is 0 Å². The number of hydrogen-bond acceptors (Lipinski definition) is 3. The number of para-hydroxylation sites is 1. The fraction of sp³-hybridized carbons (Fsp3) is 0.562. The Labute approximate surface area is 125 Å². The molecule has 1 aromatic rings. The molecule has 0 spiro atoms. The SMILES string of the molecule is CCCC(N)C(=O)Nc1ccccc1SC1CCCC1. The molecule has 1 aliphatic carbocycles. The minimum atomic E-state index is -0.412. The normalized spacial score (nSPS) is 17.1. The first-order valence-corrected chi connectivity index (χ1v) is 8.40. The summed E-state index contributed by atoms with van der Waals surface area (Å²) in [5, 5.41) is 3.68. The van der Waals surface area contributed by atoms with E-state index in [9.17, 15) is 4.79 Å². The molecule has 0 aliphatic heterocycles. The lowest BCUT2D eigenvalue weighted by Crippen LogP contribution is -2.35. The molecule has 1 unspecified atom stereocenters. The quantitative estimate of drug-likeness (QED) is 0.838. The molecule has 3 nitrogen and oxygen atoms in total. The van der Waals surface area contributed by atoms with Crippen LogP contribution in [0, 0.1) is 0 Å². The third-order valence-corrected chi connectivity index (χ3v) is 5.09. The van der Waals surface area contributed by atoms with Crippen molar-refractivity contribution in [1.29, 1.82) is 0 Å². The highest BCUT2D eigenvalue weighted by Gasteiger charge is 2.19. The molecule has 0 saturated heterocycles. The number of benzene rings is 1. The van der Waals surface area contributed by atoms with E-state index in [1.54, 1.807) is 0 Å². The van der Waals surface area contributed by atoms with E-state index in [4.69, 9.17) is 5.73 Å². The molecule has 4 heteroatoms. The van der Waals surface area contributed by atoms with Crippen LogP contribution in [0.3, 0.4) is 0 Å². The molecule has 1 atom stereocenters. The summed E-state index contributed by atoms with van der Waals surface area (Å²) in [4.78, 5) is 13.2. The highest BCUT2D eigenvalue weighted by atomic mass is 32.2. The van der Waals surface area contributed by atoms with Gasteiger partial charge in [-0.2, -0.15) is 0 Å². The molecule has 1 saturated carbocycles. The number of carbonyl (C=O) groups excluding carboxylic acids is 1. The maximum Gasteiger partial charge on any atom is 0.241 e. The van der Waals surface area contributed by atoms with Crippen molar-refractivity contribution in [2.45, 2.75) is 61.6 Å². The second kappa shape index (κ2) is 7.70. The highest BCUT2D eigenvalue weighted by molar-refractivity contribution is 8.00. The molecule has 1 fully saturated rings. The van der Waals surface area contributed by atoms with E-state index in [1.807, 2.05) is 36.9 Å². The highest BCUT2D eigenvalue weighted by Crippen LogP contribution is 2.37. The molecule has 2 rings (SSSR count). The summed E-state index contributed by atoms with van der Waals surface area (Å²) in [5.41, 5.74) is 6.77. The van der Waals surface area contributed by atoms with Crippen LogP contribution in [0.1, 0.15) is 45.4 Å². The monoisotopic (exact) mass is 292 g/mol. The third-order valence-electron chi connectivity index (χ3n) is 3.68. The summed E-state index contributed by atoms with van der Waals surface area (Å²) in [5.74, 6) is -0.0775. The van der Waals surface area contributed by atoms with Crippen molar-refractivity contribution >= 4 is 23.4 Å². The summed E-state index contributed by atoms with van der Waals surface area (Å²) in [6.45, 7) is 2.04. The summed E-state index contributed by atoms with van der Waals surface area (Å²) in [7, 11) is 0. The number of nitrogens with one attached hydrogen (secondary N) is 1. The standard InChI is InChI=1S/C16H24N2OS/c1-2-7-13(17)16(19)18-14-10-5-6-11-15(14)20-12-8-3-4-9-12/h5-6,10-13H,2-4,7-9,17H2,1H3,(H,18,19). The Hall–Kier alpha value is -1.00. The second-order valence-corrected chi connectivity index (χ2v) is 6.75. The first-order chi connectivity index (χ1) is 9.70. The zero-order valence-electron chi connectivity index (χ0n) is 12.1. The Morgan fingerprint density at radius 2 is 2.10 bits per heavy atom. The van der Waals surface area contributed by atoms with Crippen LogP contribution < -0.4 is 11.1 Å². The molecule has 0 aromatic heterocycles. The summed E-state index contributed by atoms with van der Waals surface area (Å²) >= 11 is 1.89. The minimum absolute atomic E-state index is 0.0775. The van der Waals surface area contributed by atoms with Crippen LogP contribution in [-0.4, -0.2) is 17.2 Å². The molecule has 0 radical (unpaired) electrons. The zero-order chi connectivity index (χ0) is 14.4. The van der Waals surface area contributed by atoms with Crippen molar-refractivity contribution in [3.63, 3.8) is 0 Å². The Balaban J connectivity index is 2.01. The van der Waals surface area contributed by atoms with Gasteiger partial charge in [0.2, 0.25) is 5.91 Å². The Morgan fingerprint density at radius 3 is 2.80 bits per heavy atom. The Kier molecular flexibility index (Phi) is 5.92. The van der Waals surface area contributed by atoms with Crippen LogP contribution in [0.4, 0.5) is 5.69 Å². The van der Waals surface area contributed by atoms with Crippen molar-refractivity contribution in [2.24, 2.45) is 5.73 Å². The predicted molar refractivity (Wildman–Crippen MR) is 86.1 cm³/mol. The smallest absolute Gasteiger partial charge is 0.241 e. The molecular formula is C16H24N2OS. The van der Waals surface area contributed by atoms with Crippen molar-refractivity contribution in [2.75, 3.05) is 5.32 Å². The number of amides is 1. The van der Waals surface area contributed by atoms with E-state index in [0.717, 1.165) is 23.4 Å². The fourth-order valence-electron chi connectivity index (χ4n) is 2.53.